The van der Waals surface area contributed by atoms with Crippen molar-refractivity contribution in [2.24, 2.45) is 0 Å². The van der Waals surface area contributed by atoms with Crippen LogP contribution in [0.25, 0.3) is 0 Å². The predicted octanol–water partition coefficient (Wildman–Crippen LogP) is 2.29. The Hall–Kier alpha value is -1.49. The number of carbonyl (C=O) groups excluding carboxylic acids is 2. The van der Waals surface area contributed by atoms with Crippen molar-refractivity contribution in [3.63, 3.8) is 0 Å². The third kappa shape index (κ3) is 2.76. The average Bonchev–Trinajstić information content (AvgIpc) is 2.66. The number of amides is 2. The van der Waals surface area contributed by atoms with Crippen LogP contribution in [0.1, 0.15) is 26.7 Å². The van der Waals surface area contributed by atoms with E-state index in [-0.39, 0.29) is 29.5 Å². The lowest BCUT2D eigenvalue weighted by atomic mass is 10.2. The minimum atomic E-state index is -0.341. The summed E-state index contributed by atoms with van der Waals surface area (Å²) in [5.41, 5.74) is 6.52. The number of nitrogen functional groups attached to an aromatic ring is 1. The van der Waals surface area contributed by atoms with Gasteiger partial charge in [-0.25, -0.2) is 0 Å². The summed E-state index contributed by atoms with van der Waals surface area (Å²) in [6.45, 7) is 3.88. The molecule has 2 amide bonds. The molecule has 2 N–H and O–H groups in total. The summed E-state index contributed by atoms with van der Waals surface area (Å²) < 4.78 is 0. The Morgan fingerprint density at radius 3 is 2.74 bits per heavy atom. The summed E-state index contributed by atoms with van der Waals surface area (Å²) >= 11 is 1.38. The first kappa shape index (κ1) is 13.9. The van der Waals surface area contributed by atoms with Gasteiger partial charge in [0.1, 0.15) is 0 Å². The van der Waals surface area contributed by atoms with Crippen molar-refractivity contribution < 1.29 is 9.59 Å². The van der Waals surface area contributed by atoms with Crippen molar-refractivity contribution in [1.82, 2.24) is 4.90 Å². The second-order valence-electron chi connectivity index (χ2n) is 4.71. The highest BCUT2D eigenvalue weighted by atomic mass is 32.2. The Labute approximate surface area is 117 Å². The maximum absolute atomic E-state index is 12.3. The van der Waals surface area contributed by atoms with Gasteiger partial charge in [-0.3, -0.25) is 14.5 Å². The lowest BCUT2D eigenvalue weighted by Crippen LogP contribution is -2.38. The molecule has 1 heterocycles. The number of thioether (sulfide) groups is 1. The summed E-state index contributed by atoms with van der Waals surface area (Å²) in [5.74, 6) is -0.168. The fraction of sp³-hybridized carbons (Fsp3) is 0.429. The van der Waals surface area contributed by atoms with E-state index in [4.69, 9.17) is 5.73 Å². The molecular formula is C14H18N2O2S. The van der Waals surface area contributed by atoms with Crippen molar-refractivity contribution in [1.29, 1.82) is 0 Å². The first-order valence-electron chi connectivity index (χ1n) is 6.41. The first-order valence-corrected chi connectivity index (χ1v) is 7.29. The molecule has 2 unspecified atom stereocenters. The lowest BCUT2D eigenvalue weighted by molar-refractivity contribution is -0.140. The molecule has 0 spiro atoms. The van der Waals surface area contributed by atoms with E-state index in [0.717, 1.165) is 11.3 Å². The molecule has 4 nitrogen and oxygen atoms in total. The Kier molecular flexibility index (Phi) is 4.14. The molecule has 5 heteroatoms. The fourth-order valence-electron chi connectivity index (χ4n) is 2.10. The highest BCUT2D eigenvalue weighted by Gasteiger charge is 2.41. The van der Waals surface area contributed by atoms with Crippen molar-refractivity contribution in [3.05, 3.63) is 24.3 Å². The summed E-state index contributed by atoms with van der Waals surface area (Å²) in [6.07, 6.45) is 1.05. The molecule has 1 aromatic rings. The smallest absolute Gasteiger partial charge is 0.243 e. The topological polar surface area (TPSA) is 63.4 Å². The highest BCUT2D eigenvalue weighted by molar-refractivity contribution is 8.00. The van der Waals surface area contributed by atoms with E-state index in [1.165, 1.54) is 16.7 Å². The van der Waals surface area contributed by atoms with Gasteiger partial charge in [0.2, 0.25) is 11.8 Å². The normalized spacial score (nSPS) is 20.9. The minimum Gasteiger partial charge on any atom is -0.398 e. The Morgan fingerprint density at radius 2 is 2.11 bits per heavy atom. The number of imide groups is 1. The van der Waals surface area contributed by atoms with Crippen LogP contribution in [0.15, 0.2) is 29.2 Å². The van der Waals surface area contributed by atoms with Gasteiger partial charge < -0.3 is 5.73 Å². The zero-order valence-corrected chi connectivity index (χ0v) is 11.9. The predicted molar refractivity (Wildman–Crippen MR) is 76.7 cm³/mol. The zero-order chi connectivity index (χ0) is 14.0. The van der Waals surface area contributed by atoms with Gasteiger partial charge in [-0.05, 0) is 25.5 Å². The quantitative estimate of drug-likeness (QED) is 0.678. The maximum atomic E-state index is 12.3. The molecule has 1 aliphatic heterocycles. The molecule has 0 saturated carbocycles. The molecule has 0 aliphatic carbocycles. The van der Waals surface area contributed by atoms with Gasteiger partial charge >= 0.3 is 0 Å². The maximum Gasteiger partial charge on any atom is 0.243 e. The third-order valence-electron chi connectivity index (χ3n) is 3.36. The van der Waals surface area contributed by atoms with E-state index in [1.54, 1.807) is 6.07 Å². The van der Waals surface area contributed by atoms with E-state index in [9.17, 15) is 9.59 Å². The van der Waals surface area contributed by atoms with Crippen LogP contribution in [0, 0.1) is 0 Å². The van der Waals surface area contributed by atoms with Crippen LogP contribution in [0.5, 0.6) is 0 Å². The summed E-state index contributed by atoms with van der Waals surface area (Å²) in [7, 11) is 0. The van der Waals surface area contributed by atoms with E-state index in [2.05, 4.69) is 0 Å². The molecule has 0 radical (unpaired) electrons. The molecule has 102 valence electrons. The SMILES string of the molecule is CCC(C)N1C(=O)CC(Sc2ccccc2N)C1=O. The lowest BCUT2D eigenvalue weighted by Gasteiger charge is -2.21. The monoisotopic (exact) mass is 278 g/mol. The van der Waals surface area contributed by atoms with Gasteiger partial charge in [0.25, 0.3) is 0 Å². The van der Waals surface area contributed by atoms with E-state index in [1.807, 2.05) is 32.0 Å². The van der Waals surface area contributed by atoms with Crippen molar-refractivity contribution >= 4 is 29.3 Å². The van der Waals surface area contributed by atoms with Crippen LogP contribution in [0.3, 0.4) is 0 Å². The Bertz CT molecular complexity index is 504. The number of benzene rings is 1. The van der Waals surface area contributed by atoms with Gasteiger partial charge in [0.05, 0.1) is 5.25 Å². The standard InChI is InChI=1S/C14H18N2O2S/c1-3-9(2)16-13(17)8-12(14(16)18)19-11-7-5-4-6-10(11)15/h4-7,9,12H,3,8,15H2,1-2H3. The molecule has 1 aromatic carbocycles. The van der Waals surface area contributed by atoms with Gasteiger partial charge in [-0.1, -0.05) is 19.1 Å². The Balaban J connectivity index is 2.14. The van der Waals surface area contributed by atoms with Crippen molar-refractivity contribution in [2.45, 2.75) is 42.9 Å². The molecule has 0 aromatic heterocycles. The Morgan fingerprint density at radius 1 is 1.42 bits per heavy atom. The molecular weight excluding hydrogens is 260 g/mol. The van der Waals surface area contributed by atoms with E-state index < -0.39 is 0 Å². The fourth-order valence-corrected chi connectivity index (χ4v) is 3.21. The van der Waals surface area contributed by atoms with Gasteiger partial charge in [0, 0.05) is 23.0 Å². The van der Waals surface area contributed by atoms with Crippen molar-refractivity contribution in [3.8, 4) is 0 Å². The third-order valence-corrected chi connectivity index (χ3v) is 4.64. The number of rotatable bonds is 4. The molecule has 1 aliphatic rings. The zero-order valence-electron chi connectivity index (χ0n) is 11.1. The molecule has 19 heavy (non-hydrogen) atoms. The van der Waals surface area contributed by atoms with Crippen LogP contribution in [-0.4, -0.2) is 28.0 Å². The molecule has 1 saturated heterocycles. The number of carbonyl (C=O) groups is 2. The van der Waals surface area contributed by atoms with Crippen LogP contribution < -0.4 is 5.73 Å². The molecule has 0 bridgehead atoms. The van der Waals surface area contributed by atoms with E-state index in [0.29, 0.717) is 5.69 Å². The number of nitrogens with zero attached hydrogens (tertiary/aromatic N) is 1. The summed E-state index contributed by atoms with van der Waals surface area (Å²) in [5, 5.41) is -0.341. The number of nitrogens with two attached hydrogens (primary N) is 1. The molecule has 2 rings (SSSR count). The number of hydrogen-bond acceptors (Lipinski definition) is 4. The van der Waals surface area contributed by atoms with Gasteiger partial charge in [-0.15, -0.1) is 11.8 Å². The van der Waals surface area contributed by atoms with Gasteiger partial charge in [-0.2, -0.15) is 0 Å². The van der Waals surface area contributed by atoms with Crippen LogP contribution >= 0.6 is 11.8 Å². The van der Waals surface area contributed by atoms with Crippen LogP contribution in [0.2, 0.25) is 0 Å². The number of anilines is 1. The number of hydrogen-bond donors (Lipinski definition) is 1. The summed E-state index contributed by atoms with van der Waals surface area (Å²) in [4.78, 5) is 26.5. The van der Waals surface area contributed by atoms with Crippen molar-refractivity contribution in [2.75, 3.05) is 5.73 Å². The van der Waals surface area contributed by atoms with Crippen LogP contribution in [0.4, 0.5) is 5.69 Å². The van der Waals surface area contributed by atoms with Gasteiger partial charge in [0.15, 0.2) is 0 Å². The second-order valence-corrected chi connectivity index (χ2v) is 5.95. The first-order chi connectivity index (χ1) is 9.04. The largest absolute Gasteiger partial charge is 0.398 e. The number of para-hydroxylation sites is 1. The van der Waals surface area contributed by atoms with Crippen LogP contribution in [-0.2, 0) is 9.59 Å². The molecule has 1 fully saturated rings. The average molecular weight is 278 g/mol. The molecule has 2 atom stereocenters. The minimum absolute atomic E-state index is 0.0290. The summed E-state index contributed by atoms with van der Waals surface area (Å²) in [6, 6.07) is 7.39. The van der Waals surface area contributed by atoms with E-state index >= 15 is 0 Å². The second kappa shape index (κ2) is 5.65. The highest BCUT2D eigenvalue weighted by Crippen LogP contribution is 2.35. The number of likely N-dealkylation sites (tertiary alicyclic amines) is 1.